The van der Waals surface area contributed by atoms with Crippen LogP contribution in [0.1, 0.15) is 24.1 Å². The van der Waals surface area contributed by atoms with Crippen molar-refractivity contribution in [3.8, 4) is 0 Å². The number of hydrogen-bond acceptors (Lipinski definition) is 4. The van der Waals surface area contributed by atoms with E-state index in [4.69, 9.17) is 4.74 Å². The first kappa shape index (κ1) is 20.5. The second kappa shape index (κ2) is 9.79. The van der Waals surface area contributed by atoms with Gasteiger partial charge in [-0.2, -0.15) is 0 Å². The lowest BCUT2D eigenvalue weighted by atomic mass is 9.98. The number of hydrogen-bond donors (Lipinski definition) is 1. The molecule has 0 bridgehead atoms. The van der Waals surface area contributed by atoms with Crippen molar-refractivity contribution in [1.82, 2.24) is 4.90 Å². The first-order chi connectivity index (χ1) is 14.7. The second-order valence-corrected chi connectivity index (χ2v) is 7.81. The van der Waals surface area contributed by atoms with E-state index in [1.165, 1.54) is 16.8 Å². The maximum absolute atomic E-state index is 5.47. The highest BCUT2D eigenvalue weighted by atomic mass is 16.5. The Morgan fingerprint density at radius 3 is 1.93 bits per heavy atom. The average molecular weight is 402 g/mol. The van der Waals surface area contributed by atoms with Crippen LogP contribution in [0.2, 0.25) is 0 Å². The minimum Gasteiger partial charge on any atom is -0.374 e. The van der Waals surface area contributed by atoms with Crippen LogP contribution in [0.15, 0.2) is 84.9 Å². The first-order valence-electron chi connectivity index (χ1n) is 10.7. The SMILES string of the molecule is COC(C)N1CCN(c2cccc(NC(c3ccccc3)c3ccccc3)c2)CC1. The van der Waals surface area contributed by atoms with Crippen LogP contribution in [0, 0.1) is 0 Å². The van der Waals surface area contributed by atoms with Crippen molar-refractivity contribution in [3.63, 3.8) is 0 Å². The fraction of sp³-hybridized carbons (Fsp3) is 0.308. The summed E-state index contributed by atoms with van der Waals surface area (Å²) in [5.41, 5.74) is 4.93. The first-order valence-corrected chi connectivity index (χ1v) is 10.7. The highest BCUT2D eigenvalue weighted by Gasteiger charge is 2.21. The van der Waals surface area contributed by atoms with Crippen molar-refractivity contribution in [3.05, 3.63) is 96.1 Å². The van der Waals surface area contributed by atoms with Gasteiger partial charge < -0.3 is 15.0 Å². The fourth-order valence-corrected chi connectivity index (χ4v) is 4.10. The molecular formula is C26H31N3O. The molecular weight excluding hydrogens is 370 g/mol. The number of nitrogens with one attached hydrogen (secondary N) is 1. The number of anilines is 2. The van der Waals surface area contributed by atoms with Gasteiger partial charge in [-0.25, -0.2) is 0 Å². The highest BCUT2D eigenvalue weighted by molar-refractivity contribution is 5.60. The summed E-state index contributed by atoms with van der Waals surface area (Å²) in [4.78, 5) is 4.85. The molecule has 3 aromatic rings. The molecule has 0 aliphatic carbocycles. The van der Waals surface area contributed by atoms with E-state index in [0.717, 1.165) is 31.9 Å². The van der Waals surface area contributed by atoms with Gasteiger partial charge in [-0.05, 0) is 36.2 Å². The van der Waals surface area contributed by atoms with Gasteiger partial charge in [0.05, 0.1) is 6.04 Å². The summed E-state index contributed by atoms with van der Waals surface area (Å²) < 4.78 is 5.47. The molecule has 1 aliphatic rings. The van der Waals surface area contributed by atoms with Crippen molar-refractivity contribution in [1.29, 1.82) is 0 Å². The minimum atomic E-state index is 0.113. The van der Waals surface area contributed by atoms with Crippen LogP contribution in [0.25, 0.3) is 0 Å². The lowest BCUT2D eigenvalue weighted by molar-refractivity contribution is -0.0212. The predicted octanol–water partition coefficient (Wildman–Crippen LogP) is 5.00. The van der Waals surface area contributed by atoms with Crippen LogP contribution in [-0.4, -0.2) is 44.4 Å². The molecule has 1 unspecified atom stereocenters. The maximum atomic E-state index is 5.47. The Labute approximate surface area is 180 Å². The minimum absolute atomic E-state index is 0.113. The molecule has 0 aromatic heterocycles. The molecule has 1 atom stereocenters. The van der Waals surface area contributed by atoms with Gasteiger partial charge in [0.2, 0.25) is 0 Å². The second-order valence-electron chi connectivity index (χ2n) is 7.81. The zero-order valence-corrected chi connectivity index (χ0v) is 17.9. The predicted molar refractivity (Wildman–Crippen MR) is 125 cm³/mol. The van der Waals surface area contributed by atoms with Gasteiger partial charge in [-0.3, -0.25) is 4.90 Å². The summed E-state index contributed by atoms with van der Waals surface area (Å²) in [6, 6.07) is 30.2. The van der Waals surface area contributed by atoms with Gasteiger partial charge in [-0.1, -0.05) is 66.7 Å². The summed E-state index contributed by atoms with van der Waals surface area (Å²) in [6.07, 6.45) is 0.178. The van der Waals surface area contributed by atoms with E-state index in [1.54, 1.807) is 7.11 Å². The fourth-order valence-electron chi connectivity index (χ4n) is 4.10. The van der Waals surface area contributed by atoms with Gasteiger partial charge in [0, 0.05) is 44.7 Å². The molecule has 4 rings (SSSR count). The molecule has 0 spiro atoms. The van der Waals surface area contributed by atoms with E-state index in [1.807, 2.05) is 0 Å². The Hall–Kier alpha value is -2.82. The quantitative estimate of drug-likeness (QED) is 0.603. The summed E-state index contributed by atoms with van der Waals surface area (Å²) in [7, 11) is 1.78. The van der Waals surface area contributed by atoms with E-state index < -0.39 is 0 Å². The lowest BCUT2D eigenvalue weighted by Gasteiger charge is -2.38. The maximum Gasteiger partial charge on any atom is 0.107 e. The van der Waals surface area contributed by atoms with E-state index in [9.17, 15) is 0 Å². The van der Waals surface area contributed by atoms with Gasteiger partial charge in [0.1, 0.15) is 6.23 Å². The van der Waals surface area contributed by atoms with Gasteiger partial charge >= 0.3 is 0 Å². The van der Waals surface area contributed by atoms with Crippen molar-refractivity contribution < 1.29 is 4.74 Å². The van der Waals surface area contributed by atoms with E-state index >= 15 is 0 Å². The summed E-state index contributed by atoms with van der Waals surface area (Å²) in [5.74, 6) is 0. The van der Waals surface area contributed by atoms with Crippen LogP contribution in [0.5, 0.6) is 0 Å². The van der Waals surface area contributed by atoms with Gasteiger partial charge in [-0.15, -0.1) is 0 Å². The van der Waals surface area contributed by atoms with Crippen molar-refractivity contribution in [2.45, 2.75) is 19.2 Å². The van der Waals surface area contributed by atoms with Gasteiger partial charge in [0.25, 0.3) is 0 Å². The van der Waals surface area contributed by atoms with Crippen molar-refractivity contribution >= 4 is 11.4 Å². The lowest BCUT2D eigenvalue weighted by Crippen LogP contribution is -2.50. The zero-order valence-electron chi connectivity index (χ0n) is 17.9. The summed E-state index contributed by atoms with van der Waals surface area (Å²) in [5, 5.41) is 3.77. The van der Waals surface area contributed by atoms with Crippen molar-refractivity contribution in [2.24, 2.45) is 0 Å². The molecule has 0 radical (unpaired) electrons. The number of piperazine rings is 1. The third-order valence-electron chi connectivity index (χ3n) is 5.96. The normalized spacial score (nSPS) is 15.9. The van der Waals surface area contributed by atoms with Crippen LogP contribution in [0.3, 0.4) is 0 Å². The number of methoxy groups -OCH3 is 1. The molecule has 4 heteroatoms. The van der Waals surface area contributed by atoms with E-state index in [2.05, 4.69) is 107 Å². The smallest absolute Gasteiger partial charge is 0.107 e. The number of ether oxygens (including phenoxy) is 1. The molecule has 1 fully saturated rings. The van der Waals surface area contributed by atoms with Crippen LogP contribution >= 0.6 is 0 Å². The average Bonchev–Trinajstić information content (AvgIpc) is 2.83. The molecule has 30 heavy (non-hydrogen) atoms. The summed E-state index contributed by atoms with van der Waals surface area (Å²) in [6.45, 7) is 6.18. The molecule has 1 heterocycles. The largest absolute Gasteiger partial charge is 0.374 e. The zero-order chi connectivity index (χ0) is 20.8. The Bertz CT molecular complexity index is 868. The Kier molecular flexibility index (Phi) is 6.67. The topological polar surface area (TPSA) is 27.7 Å². The molecule has 1 N–H and O–H groups in total. The molecule has 0 saturated carbocycles. The van der Waals surface area contributed by atoms with Crippen molar-refractivity contribution in [2.75, 3.05) is 43.5 Å². The molecule has 4 nitrogen and oxygen atoms in total. The van der Waals surface area contributed by atoms with Crippen LogP contribution < -0.4 is 10.2 Å². The third-order valence-corrected chi connectivity index (χ3v) is 5.96. The number of rotatable bonds is 7. The summed E-state index contributed by atoms with van der Waals surface area (Å²) >= 11 is 0. The Balaban J connectivity index is 1.52. The molecule has 156 valence electrons. The molecule has 1 saturated heterocycles. The standard InChI is InChI=1S/C26H31N3O/c1-21(30-2)28-16-18-29(19-17-28)25-15-9-14-24(20-25)27-26(22-10-5-3-6-11-22)23-12-7-4-8-13-23/h3-15,20-21,26-27H,16-19H2,1-2H3. The van der Waals surface area contributed by atoms with Crippen LogP contribution in [0.4, 0.5) is 11.4 Å². The highest BCUT2D eigenvalue weighted by Crippen LogP contribution is 2.29. The van der Waals surface area contributed by atoms with E-state index in [0.29, 0.717) is 0 Å². The third kappa shape index (κ3) is 4.84. The molecule has 3 aromatic carbocycles. The Morgan fingerprint density at radius 2 is 1.37 bits per heavy atom. The number of nitrogens with zero attached hydrogens (tertiary/aromatic N) is 2. The Morgan fingerprint density at radius 1 is 0.767 bits per heavy atom. The molecule has 0 amide bonds. The van der Waals surface area contributed by atoms with E-state index in [-0.39, 0.29) is 12.3 Å². The monoisotopic (exact) mass is 401 g/mol. The van der Waals surface area contributed by atoms with Gasteiger partial charge in [0.15, 0.2) is 0 Å². The molecule has 1 aliphatic heterocycles. The van der Waals surface area contributed by atoms with Crippen LogP contribution in [-0.2, 0) is 4.74 Å². The number of benzene rings is 3.